The Kier molecular flexibility index (Phi) is 5.48. The van der Waals surface area contributed by atoms with E-state index in [0.29, 0.717) is 16.1 Å². The van der Waals surface area contributed by atoms with Crippen molar-refractivity contribution in [3.63, 3.8) is 0 Å². The summed E-state index contributed by atoms with van der Waals surface area (Å²) in [6, 6.07) is 13.8. The summed E-state index contributed by atoms with van der Waals surface area (Å²) in [5, 5.41) is 11.3. The third-order valence-electron chi connectivity index (χ3n) is 3.93. The molecular weight excluding hydrogens is 356 g/mol. The van der Waals surface area contributed by atoms with Crippen molar-refractivity contribution in [3.8, 4) is 0 Å². The smallest absolute Gasteiger partial charge is 0.307 e. The van der Waals surface area contributed by atoms with Crippen LogP contribution in [0.25, 0.3) is 11.0 Å². The SMILES string of the molecule is COC(=O)C[C@H](NC(=O)Cn1nnc2ccccc21)c1ccccc1Cl. The van der Waals surface area contributed by atoms with Gasteiger partial charge < -0.3 is 10.1 Å². The van der Waals surface area contributed by atoms with Crippen LogP contribution in [-0.2, 0) is 20.9 Å². The largest absolute Gasteiger partial charge is 0.469 e. The standard InChI is InChI=1S/C18H17ClN4O3/c1-26-18(25)10-15(12-6-2-3-7-13(12)19)20-17(24)11-23-16-9-5-4-8-14(16)21-22-23/h2-9,15H,10-11H2,1H3,(H,20,24)/t15-/m0/s1. The molecule has 2 aromatic carbocycles. The molecule has 1 aromatic heterocycles. The summed E-state index contributed by atoms with van der Waals surface area (Å²) >= 11 is 6.22. The van der Waals surface area contributed by atoms with Crippen LogP contribution in [0.4, 0.5) is 0 Å². The van der Waals surface area contributed by atoms with Crippen LogP contribution in [0.5, 0.6) is 0 Å². The van der Waals surface area contributed by atoms with Crippen molar-refractivity contribution in [2.24, 2.45) is 0 Å². The van der Waals surface area contributed by atoms with Gasteiger partial charge in [0.05, 0.1) is 25.1 Å². The number of ether oxygens (including phenoxy) is 1. The number of hydrogen-bond acceptors (Lipinski definition) is 5. The van der Waals surface area contributed by atoms with Gasteiger partial charge in [0.1, 0.15) is 12.1 Å². The number of hydrogen-bond donors (Lipinski definition) is 1. The van der Waals surface area contributed by atoms with E-state index in [1.54, 1.807) is 24.3 Å². The average Bonchev–Trinajstić information content (AvgIpc) is 3.04. The molecule has 1 atom stereocenters. The maximum Gasteiger partial charge on any atom is 0.307 e. The minimum Gasteiger partial charge on any atom is -0.469 e. The van der Waals surface area contributed by atoms with Gasteiger partial charge in [-0.15, -0.1) is 5.10 Å². The monoisotopic (exact) mass is 372 g/mol. The fourth-order valence-corrected chi connectivity index (χ4v) is 2.92. The Bertz CT molecular complexity index is 941. The minimum atomic E-state index is -0.599. The Hall–Kier alpha value is -2.93. The molecule has 1 heterocycles. The predicted octanol–water partition coefficient (Wildman–Crippen LogP) is 2.51. The van der Waals surface area contributed by atoms with Crippen molar-refractivity contribution in [1.82, 2.24) is 20.3 Å². The zero-order chi connectivity index (χ0) is 18.5. The summed E-state index contributed by atoms with van der Waals surface area (Å²) in [5.74, 6) is -0.754. The molecule has 3 aromatic rings. The summed E-state index contributed by atoms with van der Waals surface area (Å²) in [6.45, 7) is -0.0252. The third-order valence-corrected chi connectivity index (χ3v) is 4.27. The van der Waals surface area contributed by atoms with Gasteiger partial charge in [-0.05, 0) is 23.8 Å². The summed E-state index contributed by atoms with van der Waals surface area (Å²) in [7, 11) is 1.30. The maximum atomic E-state index is 12.5. The van der Waals surface area contributed by atoms with E-state index in [9.17, 15) is 9.59 Å². The number of amides is 1. The van der Waals surface area contributed by atoms with Crippen LogP contribution >= 0.6 is 11.6 Å². The number of halogens is 1. The second-order valence-electron chi connectivity index (χ2n) is 5.66. The molecule has 134 valence electrons. The molecule has 0 aliphatic rings. The molecule has 0 saturated heterocycles. The highest BCUT2D eigenvalue weighted by atomic mass is 35.5. The predicted molar refractivity (Wildman–Crippen MR) is 96.5 cm³/mol. The Morgan fingerprint density at radius 3 is 2.69 bits per heavy atom. The topological polar surface area (TPSA) is 86.1 Å². The van der Waals surface area contributed by atoms with Gasteiger partial charge in [0.25, 0.3) is 0 Å². The molecule has 0 radical (unpaired) electrons. The van der Waals surface area contributed by atoms with E-state index in [4.69, 9.17) is 16.3 Å². The van der Waals surface area contributed by atoms with Crippen LogP contribution in [0.15, 0.2) is 48.5 Å². The lowest BCUT2D eigenvalue weighted by molar-refractivity contribution is -0.141. The molecule has 8 heteroatoms. The fourth-order valence-electron chi connectivity index (χ4n) is 2.66. The lowest BCUT2D eigenvalue weighted by Crippen LogP contribution is -2.33. The van der Waals surface area contributed by atoms with Gasteiger partial charge in [-0.2, -0.15) is 0 Å². The quantitative estimate of drug-likeness (QED) is 0.672. The van der Waals surface area contributed by atoms with Crippen molar-refractivity contribution >= 4 is 34.5 Å². The number of carbonyl (C=O) groups excluding carboxylic acids is 2. The number of aromatic nitrogens is 3. The van der Waals surface area contributed by atoms with E-state index in [1.807, 2.05) is 24.3 Å². The van der Waals surface area contributed by atoms with Crippen LogP contribution in [-0.4, -0.2) is 34.0 Å². The molecule has 0 bridgehead atoms. The second kappa shape index (κ2) is 7.97. The van der Waals surface area contributed by atoms with E-state index in [1.165, 1.54) is 11.8 Å². The molecule has 7 nitrogen and oxygen atoms in total. The number of rotatable bonds is 6. The molecule has 3 rings (SSSR count). The zero-order valence-electron chi connectivity index (χ0n) is 14.1. The van der Waals surface area contributed by atoms with Gasteiger partial charge in [0.15, 0.2) is 0 Å². The summed E-state index contributed by atoms with van der Waals surface area (Å²) in [5.41, 5.74) is 2.11. The molecule has 0 spiro atoms. The maximum absolute atomic E-state index is 12.5. The number of esters is 1. The van der Waals surface area contributed by atoms with Gasteiger partial charge in [-0.1, -0.05) is 47.1 Å². The average molecular weight is 373 g/mol. The van der Waals surface area contributed by atoms with E-state index in [2.05, 4.69) is 15.6 Å². The molecule has 26 heavy (non-hydrogen) atoms. The number of benzene rings is 2. The van der Waals surface area contributed by atoms with E-state index < -0.39 is 12.0 Å². The molecule has 0 unspecified atom stereocenters. The Morgan fingerprint density at radius 2 is 1.92 bits per heavy atom. The summed E-state index contributed by atoms with van der Waals surface area (Å²) < 4.78 is 6.23. The third kappa shape index (κ3) is 4.00. The van der Waals surface area contributed by atoms with Crippen LogP contribution < -0.4 is 5.32 Å². The Morgan fingerprint density at radius 1 is 1.19 bits per heavy atom. The lowest BCUT2D eigenvalue weighted by Gasteiger charge is -2.19. The van der Waals surface area contributed by atoms with Gasteiger partial charge >= 0.3 is 5.97 Å². The normalized spacial score (nSPS) is 11.9. The van der Waals surface area contributed by atoms with E-state index in [0.717, 1.165) is 5.52 Å². The second-order valence-corrected chi connectivity index (χ2v) is 6.06. The molecule has 1 N–H and O–H groups in total. The number of nitrogens with one attached hydrogen (secondary N) is 1. The summed E-state index contributed by atoms with van der Waals surface area (Å²) in [4.78, 5) is 24.3. The number of para-hydroxylation sites is 1. The zero-order valence-corrected chi connectivity index (χ0v) is 14.8. The van der Waals surface area contributed by atoms with E-state index in [-0.39, 0.29) is 18.9 Å². The molecule has 0 aliphatic carbocycles. The van der Waals surface area contributed by atoms with Crippen LogP contribution in [0.3, 0.4) is 0 Å². The molecule has 0 fully saturated rings. The van der Waals surface area contributed by atoms with Crippen molar-refractivity contribution in [3.05, 3.63) is 59.1 Å². The van der Waals surface area contributed by atoms with Crippen LogP contribution in [0.1, 0.15) is 18.0 Å². The van der Waals surface area contributed by atoms with Gasteiger partial charge in [0, 0.05) is 5.02 Å². The van der Waals surface area contributed by atoms with Gasteiger partial charge in [-0.3, -0.25) is 9.59 Å². The first-order chi connectivity index (χ1) is 12.6. The van der Waals surface area contributed by atoms with Gasteiger partial charge in [0.2, 0.25) is 5.91 Å². The molecule has 1 amide bonds. The van der Waals surface area contributed by atoms with E-state index >= 15 is 0 Å². The molecule has 0 aliphatic heterocycles. The Balaban J connectivity index is 1.78. The fraction of sp³-hybridized carbons (Fsp3) is 0.222. The highest BCUT2D eigenvalue weighted by Crippen LogP contribution is 2.25. The number of carbonyl (C=O) groups is 2. The molecule has 0 saturated carbocycles. The number of fused-ring (bicyclic) bond motifs is 1. The van der Waals surface area contributed by atoms with Crippen molar-refractivity contribution in [1.29, 1.82) is 0 Å². The van der Waals surface area contributed by atoms with Crippen molar-refractivity contribution in [2.45, 2.75) is 19.0 Å². The summed E-state index contributed by atoms with van der Waals surface area (Å²) in [6.07, 6.45) is -0.0237. The molecular formula is C18H17ClN4O3. The first-order valence-electron chi connectivity index (χ1n) is 7.97. The first-order valence-corrected chi connectivity index (χ1v) is 8.35. The number of nitrogens with zero attached hydrogens (tertiary/aromatic N) is 3. The van der Waals surface area contributed by atoms with Crippen molar-refractivity contribution in [2.75, 3.05) is 7.11 Å². The highest BCUT2D eigenvalue weighted by molar-refractivity contribution is 6.31. The van der Waals surface area contributed by atoms with Crippen LogP contribution in [0, 0.1) is 0 Å². The highest BCUT2D eigenvalue weighted by Gasteiger charge is 2.21. The first kappa shape index (κ1) is 17.9. The number of methoxy groups -OCH3 is 1. The van der Waals surface area contributed by atoms with Gasteiger partial charge in [-0.25, -0.2) is 4.68 Å². The lowest BCUT2D eigenvalue weighted by atomic mass is 10.0. The van der Waals surface area contributed by atoms with Crippen LogP contribution in [0.2, 0.25) is 5.02 Å². The Labute approximate surface area is 154 Å². The van der Waals surface area contributed by atoms with Crippen molar-refractivity contribution < 1.29 is 14.3 Å². The minimum absolute atomic E-state index is 0.0237.